The lowest BCUT2D eigenvalue weighted by Crippen LogP contribution is -2.39. The molecule has 1 saturated heterocycles. The van der Waals surface area contributed by atoms with Crippen LogP contribution in [0.2, 0.25) is 0 Å². The maximum atomic E-state index is 12.7. The molecule has 1 aromatic heterocycles. The minimum absolute atomic E-state index is 0.0380. The van der Waals surface area contributed by atoms with Crippen LogP contribution in [-0.4, -0.2) is 34.5 Å². The van der Waals surface area contributed by atoms with Crippen LogP contribution in [0.25, 0.3) is 0 Å². The summed E-state index contributed by atoms with van der Waals surface area (Å²) in [6.45, 7) is 6.76. The Bertz CT molecular complexity index is 786. The molecule has 5 heteroatoms. The van der Waals surface area contributed by atoms with E-state index in [1.165, 1.54) is 18.4 Å². The Hall–Kier alpha value is -2.14. The van der Waals surface area contributed by atoms with Gasteiger partial charge in [-0.1, -0.05) is 37.3 Å². The second-order valence-electron chi connectivity index (χ2n) is 7.45. The number of benzene rings is 1. The Morgan fingerprint density at radius 1 is 1.24 bits per heavy atom. The Balaban J connectivity index is 1.52. The Morgan fingerprint density at radius 3 is 2.88 bits per heavy atom. The predicted molar refractivity (Wildman–Crippen MR) is 99.7 cm³/mol. The summed E-state index contributed by atoms with van der Waals surface area (Å²) in [7, 11) is 0. The summed E-state index contributed by atoms with van der Waals surface area (Å²) in [5.74, 6) is 1.43. The van der Waals surface area contributed by atoms with Crippen molar-refractivity contribution in [3.8, 4) is 0 Å². The molecule has 0 unspecified atom stereocenters. The number of nitrogens with one attached hydrogen (secondary N) is 1. The summed E-state index contributed by atoms with van der Waals surface area (Å²) in [4.78, 5) is 25.1. The predicted octanol–water partition coefficient (Wildman–Crippen LogP) is 2.56. The second-order valence-corrected chi connectivity index (χ2v) is 7.45. The number of fused-ring (bicyclic) bond motifs is 1. The van der Waals surface area contributed by atoms with Crippen molar-refractivity contribution < 1.29 is 0 Å². The fourth-order valence-corrected chi connectivity index (χ4v) is 3.98. The molecule has 0 saturated carbocycles. The van der Waals surface area contributed by atoms with Crippen LogP contribution in [0.1, 0.15) is 36.6 Å². The molecule has 132 valence electrons. The SMILES string of the molecule is C[C@H]1CCCN(c2nc3c(c(=O)[nH]2)CN(Cc2ccccc2)CC3)C1. The van der Waals surface area contributed by atoms with Gasteiger partial charge in [-0.3, -0.25) is 14.7 Å². The first-order valence-corrected chi connectivity index (χ1v) is 9.32. The van der Waals surface area contributed by atoms with E-state index in [1.54, 1.807) is 0 Å². The lowest BCUT2D eigenvalue weighted by molar-refractivity contribution is 0.241. The van der Waals surface area contributed by atoms with Crippen LogP contribution < -0.4 is 10.5 Å². The zero-order chi connectivity index (χ0) is 17.2. The van der Waals surface area contributed by atoms with E-state index in [0.29, 0.717) is 12.5 Å². The highest BCUT2D eigenvalue weighted by Gasteiger charge is 2.24. The van der Waals surface area contributed by atoms with Crippen LogP contribution in [0, 0.1) is 5.92 Å². The van der Waals surface area contributed by atoms with E-state index in [2.05, 4.69) is 46.0 Å². The van der Waals surface area contributed by atoms with Gasteiger partial charge in [0, 0.05) is 39.1 Å². The number of nitrogens with zero attached hydrogens (tertiary/aromatic N) is 3. The van der Waals surface area contributed by atoms with E-state index >= 15 is 0 Å². The number of rotatable bonds is 3. The summed E-state index contributed by atoms with van der Waals surface area (Å²) in [5.41, 5.74) is 3.16. The third kappa shape index (κ3) is 3.61. The highest BCUT2D eigenvalue weighted by atomic mass is 16.1. The van der Waals surface area contributed by atoms with Gasteiger partial charge in [-0.05, 0) is 24.3 Å². The fourth-order valence-electron chi connectivity index (χ4n) is 3.98. The van der Waals surface area contributed by atoms with Crippen LogP contribution in [0.4, 0.5) is 5.95 Å². The molecule has 2 aromatic rings. The van der Waals surface area contributed by atoms with Gasteiger partial charge in [0.25, 0.3) is 5.56 Å². The molecule has 25 heavy (non-hydrogen) atoms. The van der Waals surface area contributed by atoms with E-state index in [0.717, 1.165) is 49.8 Å². The third-order valence-corrected chi connectivity index (χ3v) is 5.34. The van der Waals surface area contributed by atoms with Gasteiger partial charge < -0.3 is 4.90 Å². The molecule has 3 heterocycles. The summed E-state index contributed by atoms with van der Waals surface area (Å²) in [5, 5.41) is 0. The van der Waals surface area contributed by atoms with Crippen LogP contribution in [0.15, 0.2) is 35.1 Å². The molecule has 0 aliphatic carbocycles. The molecule has 5 nitrogen and oxygen atoms in total. The molecule has 1 atom stereocenters. The highest BCUT2D eigenvalue weighted by Crippen LogP contribution is 2.22. The summed E-state index contributed by atoms with van der Waals surface area (Å²) >= 11 is 0. The zero-order valence-corrected chi connectivity index (χ0v) is 14.9. The Labute approximate surface area is 148 Å². The van der Waals surface area contributed by atoms with E-state index in [-0.39, 0.29) is 5.56 Å². The van der Waals surface area contributed by atoms with Crippen LogP contribution in [0.3, 0.4) is 0 Å². The first kappa shape index (κ1) is 16.3. The average molecular weight is 338 g/mol. The van der Waals surface area contributed by atoms with Gasteiger partial charge in [-0.2, -0.15) is 0 Å². The molecule has 0 radical (unpaired) electrons. The fraction of sp³-hybridized carbons (Fsp3) is 0.500. The minimum Gasteiger partial charge on any atom is -0.342 e. The maximum absolute atomic E-state index is 12.7. The summed E-state index contributed by atoms with van der Waals surface area (Å²) < 4.78 is 0. The highest BCUT2D eigenvalue weighted by molar-refractivity contribution is 5.35. The summed E-state index contributed by atoms with van der Waals surface area (Å²) in [6, 6.07) is 10.4. The Kier molecular flexibility index (Phi) is 4.57. The molecule has 1 aromatic carbocycles. The third-order valence-electron chi connectivity index (χ3n) is 5.34. The zero-order valence-electron chi connectivity index (χ0n) is 14.9. The standard InChI is InChI=1S/C20H26N4O/c1-15-6-5-10-24(12-15)20-21-18-9-11-23(14-17(18)19(25)22-20)13-16-7-3-2-4-8-16/h2-4,7-8,15H,5-6,9-14H2,1H3,(H,21,22,25)/t15-/m0/s1. The first-order valence-electron chi connectivity index (χ1n) is 9.32. The first-order chi connectivity index (χ1) is 12.2. The van der Waals surface area contributed by atoms with Crippen molar-refractivity contribution in [1.82, 2.24) is 14.9 Å². The van der Waals surface area contributed by atoms with Gasteiger partial charge in [0.2, 0.25) is 5.95 Å². The van der Waals surface area contributed by atoms with Gasteiger partial charge >= 0.3 is 0 Å². The van der Waals surface area contributed by atoms with Gasteiger partial charge in [0.15, 0.2) is 0 Å². The quantitative estimate of drug-likeness (QED) is 0.934. The van der Waals surface area contributed by atoms with Crippen LogP contribution in [0.5, 0.6) is 0 Å². The molecule has 1 fully saturated rings. The molecule has 0 amide bonds. The van der Waals surface area contributed by atoms with Crippen molar-refractivity contribution in [2.24, 2.45) is 5.92 Å². The van der Waals surface area contributed by atoms with Gasteiger partial charge in [0.1, 0.15) is 0 Å². The normalized spacial score (nSPS) is 21.2. The molecular weight excluding hydrogens is 312 g/mol. The van der Waals surface area contributed by atoms with Crippen LogP contribution >= 0.6 is 0 Å². The molecule has 2 aliphatic heterocycles. The lowest BCUT2D eigenvalue weighted by Gasteiger charge is -2.33. The number of anilines is 1. The molecule has 1 N–H and O–H groups in total. The van der Waals surface area contributed by atoms with Gasteiger partial charge in [0.05, 0.1) is 11.3 Å². The van der Waals surface area contributed by atoms with Crippen molar-refractivity contribution >= 4 is 5.95 Å². The number of H-pyrrole nitrogens is 1. The number of hydrogen-bond donors (Lipinski definition) is 1. The average Bonchev–Trinajstić information content (AvgIpc) is 2.63. The molecule has 2 aliphatic rings. The van der Waals surface area contributed by atoms with E-state index in [1.807, 2.05) is 6.07 Å². The minimum atomic E-state index is 0.0380. The number of piperidine rings is 1. The largest absolute Gasteiger partial charge is 0.342 e. The van der Waals surface area contributed by atoms with E-state index in [4.69, 9.17) is 4.98 Å². The Morgan fingerprint density at radius 2 is 2.08 bits per heavy atom. The van der Waals surface area contributed by atoms with Crippen molar-refractivity contribution in [2.75, 3.05) is 24.5 Å². The van der Waals surface area contributed by atoms with E-state index in [9.17, 15) is 4.79 Å². The number of aromatic nitrogens is 2. The van der Waals surface area contributed by atoms with Crippen LogP contribution in [-0.2, 0) is 19.5 Å². The smallest absolute Gasteiger partial charge is 0.257 e. The van der Waals surface area contributed by atoms with Gasteiger partial charge in [-0.15, -0.1) is 0 Å². The van der Waals surface area contributed by atoms with E-state index < -0.39 is 0 Å². The summed E-state index contributed by atoms with van der Waals surface area (Å²) in [6.07, 6.45) is 3.29. The number of hydrogen-bond acceptors (Lipinski definition) is 4. The maximum Gasteiger partial charge on any atom is 0.257 e. The molecule has 0 spiro atoms. The second kappa shape index (κ2) is 7.00. The lowest BCUT2D eigenvalue weighted by atomic mass is 10.0. The topological polar surface area (TPSA) is 52.2 Å². The van der Waals surface area contributed by atoms with Gasteiger partial charge in [-0.25, -0.2) is 4.98 Å². The number of aromatic amines is 1. The van der Waals surface area contributed by atoms with Crippen molar-refractivity contribution in [1.29, 1.82) is 0 Å². The van der Waals surface area contributed by atoms with Crippen molar-refractivity contribution in [2.45, 2.75) is 39.3 Å². The molecule has 0 bridgehead atoms. The molecule has 4 rings (SSSR count). The molecular formula is C20H26N4O. The van der Waals surface area contributed by atoms with Crippen molar-refractivity contribution in [3.05, 3.63) is 57.5 Å². The monoisotopic (exact) mass is 338 g/mol. The van der Waals surface area contributed by atoms with Crippen molar-refractivity contribution in [3.63, 3.8) is 0 Å².